The zero-order valence-corrected chi connectivity index (χ0v) is 20.4. The van der Waals surface area contributed by atoms with Crippen LogP contribution < -0.4 is 15.8 Å². The SMILES string of the molecule is Cc1cc(C(C)Nc2ccccc2C(=O)C(C)(C)O)c2nc(N3CCOCC3)n(C)c(=O)c2c1. The molecule has 0 saturated carbocycles. The summed E-state index contributed by atoms with van der Waals surface area (Å²) in [7, 11) is 1.75. The fourth-order valence-corrected chi connectivity index (χ4v) is 4.36. The van der Waals surface area contributed by atoms with Crippen LogP contribution in [0.15, 0.2) is 41.2 Å². The highest BCUT2D eigenvalue weighted by Crippen LogP contribution is 2.30. The Labute approximate surface area is 199 Å². The third-order valence-electron chi connectivity index (χ3n) is 6.19. The topological polar surface area (TPSA) is 96.7 Å². The van der Waals surface area contributed by atoms with E-state index >= 15 is 0 Å². The van der Waals surface area contributed by atoms with Crippen LogP contribution in [0.1, 0.15) is 48.3 Å². The predicted octanol–water partition coefficient (Wildman–Crippen LogP) is 3.21. The summed E-state index contributed by atoms with van der Waals surface area (Å²) < 4.78 is 7.07. The molecule has 0 amide bonds. The largest absolute Gasteiger partial charge is 0.382 e. The third kappa shape index (κ3) is 4.56. The maximum atomic E-state index is 13.3. The molecule has 1 aliphatic heterocycles. The van der Waals surface area contributed by atoms with Crippen molar-refractivity contribution in [1.82, 2.24) is 9.55 Å². The quantitative estimate of drug-likeness (QED) is 0.541. The van der Waals surface area contributed by atoms with Crippen LogP contribution in [-0.4, -0.2) is 52.3 Å². The zero-order chi connectivity index (χ0) is 24.6. The zero-order valence-electron chi connectivity index (χ0n) is 20.4. The molecule has 180 valence electrons. The van der Waals surface area contributed by atoms with E-state index in [9.17, 15) is 14.7 Å². The van der Waals surface area contributed by atoms with Gasteiger partial charge in [0.1, 0.15) is 5.60 Å². The van der Waals surface area contributed by atoms with Crippen molar-refractivity contribution in [1.29, 1.82) is 0 Å². The lowest BCUT2D eigenvalue weighted by Crippen LogP contribution is -2.40. The van der Waals surface area contributed by atoms with Crippen molar-refractivity contribution in [2.45, 2.75) is 39.3 Å². The minimum Gasteiger partial charge on any atom is -0.382 e. The first-order chi connectivity index (χ1) is 16.1. The lowest BCUT2D eigenvalue weighted by atomic mass is 9.94. The Morgan fingerprint density at radius 1 is 1.21 bits per heavy atom. The second kappa shape index (κ2) is 9.19. The molecule has 34 heavy (non-hydrogen) atoms. The highest BCUT2D eigenvalue weighted by Gasteiger charge is 2.28. The number of aliphatic hydroxyl groups is 1. The third-order valence-corrected chi connectivity index (χ3v) is 6.19. The maximum Gasteiger partial charge on any atom is 0.262 e. The highest BCUT2D eigenvalue weighted by molar-refractivity contribution is 6.06. The second-order valence-corrected chi connectivity index (χ2v) is 9.43. The lowest BCUT2D eigenvalue weighted by Gasteiger charge is -2.29. The molecule has 0 radical (unpaired) electrons. The monoisotopic (exact) mass is 464 g/mol. The Bertz CT molecular complexity index is 1290. The number of anilines is 2. The van der Waals surface area contributed by atoms with E-state index in [0.717, 1.165) is 11.1 Å². The van der Waals surface area contributed by atoms with Crippen LogP contribution in [-0.2, 0) is 11.8 Å². The van der Waals surface area contributed by atoms with Crippen LogP contribution in [0.4, 0.5) is 11.6 Å². The molecule has 1 fully saturated rings. The lowest BCUT2D eigenvalue weighted by molar-refractivity contribution is 0.0489. The minimum atomic E-state index is -1.49. The molecular formula is C26H32N4O4. The molecule has 2 aromatic carbocycles. The number of rotatable bonds is 6. The van der Waals surface area contributed by atoms with Gasteiger partial charge in [0.25, 0.3) is 5.56 Å². The van der Waals surface area contributed by atoms with Gasteiger partial charge < -0.3 is 20.1 Å². The molecule has 3 aromatic rings. The van der Waals surface area contributed by atoms with Crippen molar-refractivity contribution in [3.63, 3.8) is 0 Å². The van der Waals surface area contributed by atoms with Gasteiger partial charge >= 0.3 is 0 Å². The smallest absolute Gasteiger partial charge is 0.262 e. The average Bonchev–Trinajstić information content (AvgIpc) is 2.81. The summed E-state index contributed by atoms with van der Waals surface area (Å²) in [5, 5.41) is 14.2. The van der Waals surface area contributed by atoms with Gasteiger partial charge in [-0.2, -0.15) is 0 Å². The first kappa shape index (κ1) is 23.9. The summed E-state index contributed by atoms with van der Waals surface area (Å²) in [6.45, 7) is 9.44. The number of aromatic nitrogens is 2. The van der Waals surface area contributed by atoms with Crippen molar-refractivity contribution in [2.24, 2.45) is 7.05 Å². The van der Waals surface area contributed by atoms with Crippen LogP contribution in [0.2, 0.25) is 0 Å². The molecule has 1 saturated heterocycles. The second-order valence-electron chi connectivity index (χ2n) is 9.43. The van der Waals surface area contributed by atoms with Gasteiger partial charge in [-0.05, 0) is 51.5 Å². The standard InChI is InChI=1S/C26H32N4O4/c1-16-14-19(17(2)27-21-9-7-6-8-18(21)23(31)26(3,4)33)22-20(15-16)24(32)29(5)25(28-22)30-10-12-34-13-11-30/h6-9,14-15,17,27,33H,10-13H2,1-5H3. The number of ether oxygens (including phenoxy) is 1. The summed E-state index contributed by atoms with van der Waals surface area (Å²) >= 11 is 0. The number of benzene rings is 2. The molecule has 0 bridgehead atoms. The molecule has 1 atom stereocenters. The number of hydrogen-bond donors (Lipinski definition) is 2. The summed E-state index contributed by atoms with van der Waals surface area (Å²) in [6, 6.07) is 10.8. The number of morpholine rings is 1. The van der Waals surface area contributed by atoms with E-state index in [1.807, 2.05) is 38.1 Å². The normalized spacial score (nSPS) is 15.4. The van der Waals surface area contributed by atoms with Crippen molar-refractivity contribution in [3.05, 3.63) is 63.4 Å². The fraction of sp³-hybridized carbons (Fsp3) is 0.423. The number of ketones is 1. The van der Waals surface area contributed by atoms with Gasteiger partial charge in [0, 0.05) is 37.0 Å². The van der Waals surface area contributed by atoms with Gasteiger partial charge in [-0.3, -0.25) is 14.2 Å². The van der Waals surface area contributed by atoms with Gasteiger partial charge in [-0.1, -0.05) is 18.2 Å². The highest BCUT2D eigenvalue weighted by atomic mass is 16.5. The number of para-hydroxylation sites is 1. The number of nitrogens with zero attached hydrogens (tertiary/aromatic N) is 3. The molecule has 8 heteroatoms. The molecule has 1 unspecified atom stereocenters. The van der Waals surface area contributed by atoms with Crippen molar-refractivity contribution >= 4 is 28.3 Å². The fourth-order valence-electron chi connectivity index (χ4n) is 4.36. The van der Waals surface area contributed by atoms with Crippen molar-refractivity contribution in [3.8, 4) is 0 Å². The Hall–Kier alpha value is -3.23. The van der Waals surface area contributed by atoms with E-state index in [0.29, 0.717) is 54.4 Å². The summed E-state index contributed by atoms with van der Waals surface area (Å²) in [6.07, 6.45) is 0. The Kier molecular flexibility index (Phi) is 6.47. The number of hydrogen-bond acceptors (Lipinski definition) is 7. The van der Waals surface area contributed by atoms with Crippen LogP contribution in [0.25, 0.3) is 10.9 Å². The van der Waals surface area contributed by atoms with E-state index in [4.69, 9.17) is 9.72 Å². The van der Waals surface area contributed by atoms with E-state index in [-0.39, 0.29) is 17.4 Å². The molecule has 0 aliphatic carbocycles. The first-order valence-electron chi connectivity index (χ1n) is 11.5. The van der Waals surface area contributed by atoms with E-state index < -0.39 is 5.60 Å². The number of carbonyl (C=O) groups excluding carboxylic acids is 1. The van der Waals surface area contributed by atoms with E-state index in [1.54, 1.807) is 23.7 Å². The molecule has 2 heterocycles. The number of aryl methyl sites for hydroxylation is 1. The van der Waals surface area contributed by atoms with Gasteiger partial charge in [0.05, 0.1) is 30.2 Å². The average molecular weight is 465 g/mol. The van der Waals surface area contributed by atoms with Gasteiger partial charge in [0.2, 0.25) is 5.95 Å². The Balaban J connectivity index is 1.80. The van der Waals surface area contributed by atoms with E-state index in [2.05, 4.69) is 10.2 Å². The van der Waals surface area contributed by atoms with Crippen LogP contribution >= 0.6 is 0 Å². The van der Waals surface area contributed by atoms with Crippen molar-refractivity contribution in [2.75, 3.05) is 36.5 Å². The van der Waals surface area contributed by atoms with Gasteiger partial charge in [-0.25, -0.2) is 4.98 Å². The molecular weight excluding hydrogens is 432 g/mol. The molecule has 8 nitrogen and oxygen atoms in total. The Morgan fingerprint density at radius 2 is 1.88 bits per heavy atom. The summed E-state index contributed by atoms with van der Waals surface area (Å²) in [5.74, 6) is 0.259. The summed E-state index contributed by atoms with van der Waals surface area (Å²) in [5.41, 5.74) is 1.91. The van der Waals surface area contributed by atoms with Crippen molar-refractivity contribution < 1.29 is 14.6 Å². The molecule has 0 spiro atoms. The maximum absolute atomic E-state index is 13.3. The molecule has 2 N–H and O–H groups in total. The predicted molar refractivity (Wildman–Crippen MR) is 134 cm³/mol. The number of fused-ring (bicyclic) bond motifs is 1. The first-order valence-corrected chi connectivity index (χ1v) is 11.5. The number of carbonyl (C=O) groups is 1. The molecule has 4 rings (SSSR count). The molecule has 1 aromatic heterocycles. The van der Waals surface area contributed by atoms with Gasteiger partial charge in [-0.15, -0.1) is 0 Å². The van der Waals surface area contributed by atoms with Crippen LogP contribution in [0.5, 0.6) is 0 Å². The van der Waals surface area contributed by atoms with Gasteiger partial charge in [0.15, 0.2) is 5.78 Å². The van der Waals surface area contributed by atoms with Crippen LogP contribution in [0.3, 0.4) is 0 Å². The number of Topliss-reactive ketones (excluding diaryl/α,β-unsaturated/α-hetero) is 1. The minimum absolute atomic E-state index is 0.0961. The molecule has 1 aliphatic rings. The summed E-state index contributed by atoms with van der Waals surface area (Å²) in [4.78, 5) is 33.1. The number of nitrogens with one attached hydrogen (secondary N) is 1. The van der Waals surface area contributed by atoms with E-state index in [1.165, 1.54) is 13.8 Å². The van der Waals surface area contributed by atoms with Crippen LogP contribution in [0, 0.1) is 6.92 Å². The Morgan fingerprint density at radius 3 is 2.56 bits per heavy atom.